The molecule has 0 bridgehead atoms. The lowest BCUT2D eigenvalue weighted by atomic mass is 9.90. The van der Waals surface area contributed by atoms with Gasteiger partial charge in [0.2, 0.25) is 0 Å². The molecule has 3 heteroatoms. The van der Waals surface area contributed by atoms with Gasteiger partial charge in [-0.05, 0) is 44.6 Å². The molecule has 17 heavy (non-hydrogen) atoms. The summed E-state index contributed by atoms with van der Waals surface area (Å²) in [5.74, 6) is 1.16. The molecule has 0 spiro atoms. The van der Waals surface area contributed by atoms with Crippen molar-refractivity contribution in [3.05, 3.63) is 0 Å². The Hall–Kier alpha value is -0.120. The summed E-state index contributed by atoms with van der Waals surface area (Å²) in [5, 5.41) is 13.5. The number of likely N-dealkylation sites (tertiary alicyclic amines) is 1. The third kappa shape index (κ3) is 3.94. The van der Waals surface area contributed by atoms with E-state index in [-0.39, 0.29) is 6.10 Å². The minimum Gasteiger partial charge on any atom is -0.393 e. The highest BCUT2D eigenvalue weighted by atomic mass is 16.3. The maximum absolute atomic E-state index is 9.84. The Balaban J connectivity index is 1.86. The summed E-state index contributed by atoms with van der Waals surface area (Å²) in [6.07, 6.45) is 3.69. The Morgan fingerprint density at radius 2 is 1.94 bits per heavy atom. The molecule has 2 N–H and O–H groups in total. The second-order valence-corrected chi connectivity index (χ2v) is 6.42. The Morgan fingerprint density at radius 1 is 1.24 bits per heavy atom. The lowest BCUT2D eigenvalue weighted by Gasteiger charge is -2.39. The maximum atomic E-state index is 9.84. The van der Waals surface area contributed by atoms with E-state index in [0.717, 1.165) is 25.6 Å². The van der Waals surface area contributed by atoms with E-state index in [4.69, 9.17) is 0 Å². The van der Waals surface area contributed by atoms with Crippen LogP contribution in [0.2, 0.25) is 0 Å². The number of nitrogens with one attached hydrogen (secondary N) is 1. The van der Waals surface area contributed by atoms with Gasteiger partial charge in [0.25, 0.3) is 0 Å². The molecular formula is C14H28N2O. The van der Waals surface area contributed by atoms with Gasteiger partial charge >= 0.3 is 0 Å². The van der Waals surface area contributed by atoms with Gasteiger partial charge in [-0.1, -0.05) is 13.8 Å². The molecule has 1 saturated carbocycles. The summed E-state index contributed by atoms with van der Waals surface area (Å²) in [6, 6.07) is 1.39. The zero-order valence-corrected chi connectivity index (χ0v) is 11.5. The van der Waals surface area contributed by atoms with Crippen LogP contribution >= 0.6 is 0 Å². The average Bonchev–Trinajstić information content (AvgIpc) is 3.09. The van der Waals surface area contributed by atoms with E-state index in [0.29, 0.717) is 17.9 Å². The fourth-order valence-electron chi connectivity index (χ4n) is 2.81. The van der Waals surface area contributed by atoms with E-state index < -0.39 is 0 Å². The molecule has 2 rings (SSSR count). The Bertz CT molecular complexity index is 228. The average molecular weight is 240 g/mol. The van der Waals surface area contributed by atoms with Crippen molar-refractivity contribution in [3.8, 4) is 0 Å². The highest BCUT2D eigenvalue weighted by Crippen LogP contribution is 2.32. The summed E-state index contributed by atoms with van der Waals surface area (Å²) >= 11 is 0. The number of hydrogen-bond donors (Lipinski definition) is 2. The normalized spacial score (nSPS) is 33.0. The van der Waals surface area contributed by atoms with Gasteiger partial charge in [0, 0.05) is 25.2 Å². The molecule has 0 amide bonds. The summed E-state index contributed by atoms with van der Waals surface area (Å²) in [5.41, 5.74) is 0. The molecule has 1 saturated heterocycles. The highest BCUT2D eigenvalue weighted by molar-refractivity contribution is 4.93. The van der Waals surface area contributed by atoms with Crippen LogP contribution in [-0.2, 0) is 0 Å². The molecular weight excluding hydrogens is 212 g/mol. The van der Waals surface area contributed by atoms with E-state index in [9.17, 15) is 5.11 Å². The van der Waals surface area contributed by atoms with Gasteiger partial charge < -0.3 is 10.4 Å². The first-order valence-electron chi connectivity index (χ1n) is 7.21. The van der Waals surface area contributed by atoms with Crippen LogP contribution in [0.1, 0.15) is 40.0 Å². The first-order valence-corrected chi connectivity index (χ1v) is 7.21. The number of nitrogens with zero attached hydrogens (tertiary/aromatic N) is 1. The molecule has 2 fully saturated rings. The predicted molar refractivity (Wildman–Crippen MR) is 71.0 cm³/mol. The van der Waals surface area contributed by atoms with Crippen LogP contribution in [0.4, 0.5) is 0 Å². The molecule has 1 heterocycles. The topological polar surface area (TPSA) is 35.5 Å². The number of aliphatic hydroxyl groups is 1. The quantitative estimate of drug-likeness (QED) is 0.764. The molecule has 3 atom stereocenters. The fourth-order valence-corrected chi connectivity index (χ4v) is 2.81. The Labute approximate surface area is 106 Å². The van der Waals surface area contributed by atoms with E-state index in [2.05, 4.69) is 24.1 Å². The zero-order chi connectivity index (χ0) is 12.4. The molecule has 100 valence electrons. The molecule has 0 aromatic carbocycles. The molecule has 3 unspecified atom stereocenters. The number of hydrogen-bond acceptors (Lipinski definition) is 3. The number of rotatable bonds is 5. The molecule has 1 aliphatic heterocycles. The Kier molecular flexibility index (Phi) is 4.45. The number of piperidine rings is 1. The second kappa shape index (κ2) is 5.68. The van der Waals surface area contributed by atoms with Gasteiger partial charge in [-0.2, -0.15) is 0 Å². The zero-order valence-electron chi connectivity index (χ0n) is 11.5. The van der Waals surface area contributed by atoms with Crippen LogP contribution in [0.25, 0.3) is 0 Å². The van der Waals surface area contributed by atoms with Crippen molar-refractivity contribution in [2.24, 2.45) is 11.8 Å². The van der Waals surface area contributed by atoms with Crippen LogP contribution in [0.15, 0.2) is 0 Å². The summed E-state index contributed by atoms with van der Waals surface area (Å²) in [6.45, 7) is 9.82. The summed E-state index contributed by atoms with van der Waals surface area (Å²) in [4.78, 5) is 2.60. The minimum absolute atomic E-state index is 0.167. The predicted octanol–water partition coefficient (Wildman–Crippen LogP) is 1.47. The van der Waals surface area contributed by atoms with Gasteiger partial charge in [-0.25, -0.2) is 0 Å². The van der Waals surface area contributed by atoms with Gasteiger partial charge in [-0.15, -0.1) is 0 Å². The largest absolute Gasteiger partial charge is 0.393 e. The van der Waals surface area contributed by atoms with Crippen molar-refractivity contribution in [1.29, 1.82) is 0 Å². The third-order valence-corrected chi connectivity index (χ3v) is 4.07. The van der Waals surface area contributed by atoms with Crippen LogP contribution in [-0.4, -0.2) is 47.8 Å². The second-order valence-electron chi connectivity index (χ2n) is 6.42. The highest BCUT2D eigenvalue weighted by Gasteiger charge is 2.37. The third-order valence-electron chi connectivity index (χ3n) is 4.07. The van der Waals surface area contributed by atoms with Gasteiger partial charge in [-0.3, -0.25) is 4.90 Å². The van der Waals surface area contributed by atoms with E-state index in [1.54, 1.807) is 0 Å². The van der Waals surface area contributed by atoms with E-state index in [1.165, 1.54) is 19.4 Å². The standard InChI is InChI=1S/C14H28N2O/c1-10(2)7-15-13-6-12(11(3)17)8-16(9-13)14-4-5-14/h10-15,17H,4-9H2,1-3H3. The van der Waals surface area contributed by atoms with Crippen molar-refractivity contribution < 1.29 is 5.11 Å². The van der Waals surface area contributed by atoms with Gasteiger partial charge in [0.1, 0.15) is 0 Å². The van der Waals surface area contributed by atoms with Crippen LogP contribution in [0, 0.1) is 11.8 Å². The molecule has 0 radical (unpaired) electrons. The van der Waals surface area contributed by atoms with Crippen molar-refractivity contribution >= 4 is 0 Å². The van der Waals surface area contributed by atoms with Crippen molar-refractivity contribution in [1.82, 2.24) is 10.2 Å². The van der Waals surface area contributed by atoms with Crippen LogP contribution in [0.5, 0.6) is 0 Å². The van der Waals surface area contributed by atoms with Gasteiger partial charge in [0.15, 0.2) is 0 Å². The van der Waals surface area contributed by atoms with Crippen LogP contribution in [0.3, 0.4) is 0 Å². The smallest absolute Gasteiger partial charge is 0.0553 e. The van der Waals surface area contributed by atoms with Crippen molar-refractivity contribution in [2.45, 2.75) is 58.2 Å². The van der Waals surface area contributed by atoms with E-state index >= 15 is 0 Å². The van der Waals surface area contributed by atoms with Crippen molar-refractivity contribution in [3.63, 3.8) is 0 Å². The first kappa shape index (κ1) is 13.3. The summed E-state index contributed by atoms with van der Waals surface area (Å²) in [7, 11) is 0. The Morgan fingerprint density at radius 3 is 2.47 bits per heavy atom. The monoisotopic (exact) mass is 240 g/mol. The first-order chi connectivity index (χ1) is 8.06. The van der Waals surface area contributed by atoms with E-state index in [1.807, 2.05) is 6.92 Å². The SMILES string of the molecule is CC(C)CNC1CC(C(C)O)CN(C2CC2)C1. The molecule has 1 aliphatic carbocycles. The molecule has 0 aromatic heterocycles. The maximum Gasteiger partial charge on any atom is 0.0553 e. The lowest BCUT2D eigenvalue weighted by Crippen LogP contribution is -2.52. The van der Waals surface area contributed by atoms with Gasteiger partial charge in [0.05, 0.1) is 6.10 Å². The number of aliphatic hydroxyl groups excluding tert-OH is 1. The lowest BCUT2D eigenvalue weighted by molar-refractivity contribution is 0.0443. The minimum atomic E-state index is -0.167. The van der Waals surface area contributed by atoms with Crippen molar-refractivity contribution in [2.75, 3.05) is 19.6 Å². The summed E-state index contributed by atoms with van der Waals surface area (Å²) < 4.78 is 0. The van der Waals surface area contributed by atoms with Crippen LogP contribution < -0.4 is 5.32 Å². The molecule has 2 aliphatic rings. The molecule has 0 aromatic rings. The molecule has 3 nitrogen and oxygen atoms in total. The fraction of sp³-hybridized carbons (Fsp3) is 1.00.